The maximum atomic E-state index is 2.54. The van der Waals surface area contributed by atoms with E-state index in [-0.39, 0.29) is 10.8 Å². The van der Waals surface area contributed by atoms with E-state index in [1.54, 1.807) is 16.7 Å². The SMILES string of the molecule is CC(C)(C)c1cc(CC2C=CC=C2)c(C(C)(C)C)c2c1-c1ccccc1C2. The predicted molar refractivity (Wildman–Crippen MR) is 118 cm³/mol. The number of rotatable bonds is 2. The summed E-state index contributed by atoms with van der Waals surface area (Å²) < 4.78 is 0. The van der Waals surface area contributed by atoms with Crippen molar-refractivity contribution >= 4 is 0 Å². The minimum absolute atomic E-state index is 0.133. The van der Waals surface area contributed by atoms with Crippen molar-refractivity contribution in [1.82, 2.24) is 0 Å². The Morgan fingerprint density at radius 3 is 2.19 bits per heavy atom. The number of fused-ring (bicyclic) bond motifs is 3. The molecule has 0 saturated heterocycles. The van der Waals surface area contributed by atoms with Crippen molar-refractivity contribution in [1.29, 1.82) is 0 Å². The van der Waals surface area contributed by atoms with E-state index >= 15 is 0 Å². The zero-order chi connectivity index (χ0) is 19.4. The second-order valence-corrected chi connectivity index (χ2v) is 10.3. The first-order valence-corrected chi connectivity index (χ1v) is 10.3. The molecule has 0 aromatic heterocycles. The van der Waals surface area contributed by atoms with Gasteiger partial charge >= 0.3 is 0 Å². The van der Waals surface area contributed by atoms with Gasteiger partial charge in [-0.2, -0.15) is 0 Å². The molecule has 4 rings (SSSR count). The molecule has 27 heavy (non-hydrogen) atoms. The van der Waals surface area contributed by atoms with Gasteiger partial charge in [-0.1, -0.05) is 96.2 Å². The first-order valence-electron chi connectivity index (χ1n) is 10.3. The van der Waals surface area contributed by atoms with Crippen LogP contribution in [0.5, 0.6) is 0 Å². The largest absolute Gasteiger partial charge is 0.0773 e. The van der Waals surface area contributed by atoms with Crippen LogP contribution >= 0.6 is 0 Å². The minimum Gasteiger partial charge on any atom is -0.0773 e. The quantitative estimate of drug-likeness (QED) is 0.458. The van der Waals surface area contributed by atoms with Gasteiger partial charge in [-0.25, -0.2) is 0 Å². The molecule has 0 radical (unpaired) electrons. The molecule has 0 heteroatoms. The summed E-state index contributed by atoms with van der Waals surface area (Å²) in [5, 5.41) is 0. The highest BCUT2D eigenvalue weighted by molar-refractivity contribution is 5.82. The molecule has 0 bridgehead atoms. The fraction of sp³-hybridized carbons (Fsp3) is 0.407. The Morgan fingerprint density at radius 1 is 0.889 bits per heavy atom. The summed E-state index contributed by atoms with van der Waals surface area (Å²) in [7, 11) is 0. The van der Waals surface area contributed by atoms with Crippen molar-refractivity contribution in [3.63, 3.8) is 0 Å². The smallest absolute Gasteiger partial charge is 0.000672 e. The Morgan fingerprint density at radius 2 is 1.56 bits per heavy atom. The summed E-state index contributed by atoms with van der Waals surface area (Å²) in [5.41, 5.74) is 10.9. The summed E-state index contributed by atoms with van der Waals surface area (Å²) in [5.74, 6) is 0.528. The summed E-state index contributed by atoms with van der Waals surface area (Å²) >= 11 is 0. The number of hydrogen-bond donors (Lipinski definition) is 0. The molecule has 0 saturated carbocycles. The first-order chi connectivity index (χ1) is 12.7. The van der Waals surface area contributed by atoms with Gasteiger partial charge in [-0.15, -0.1) is 0 Å². The lowest BCUT2D eigenvalue weighted by atomic mass is 9.72. The van der Waals surface area contributed by atoms with E-state index in [1.807, 2.05) is 0 Å². The van der Waals surface area contributed by atoms with Crippen LogP contribution < -0.4 is 0 Å². The van der Waals surface area contributed by atoms with Gasteiger partial charge in [0.15, 0.2) is 0 Å². The van der Waals surface area contributed by atoms with Crippen LogP contribution in [-0.4, -0.2) is 0 Å². The van der Waals surface area contributed by atoms with Crippen molar-refractivity contribution < 1.29 is 0 Å². The van der Waals surface area contributed by atoms with Crippen LogP contribution in [0.2, 0.25) is 0 Å². The zero-order valence-corrected chi connectivity index (χ0v) is 17.7. The third-order valence-corrected chi connectivity index (χ3v) is 6.01. The molecular formula is C27H32. The monoisotopic (exact) mass is 356 g/mol. The van der Waals surface area contributed by atoms with Gasteiger partial charge in [0.25, 0.3) is 0 Å². The molecule has 140 valence electrons. The first kappa shape index (κ1) is 18.3. The van der Waals surface area contributed by atoms with E-state index in [0.717, 1.165) is 12.8 Å². The van der Waals surface area contributed by atoms with Crippen molar-refractivity contribution in [2.45, 2.75) is 65.2 Å². The molecule has 0 amide bonds. The molecule has 2 aliphatic carbocycles. The second kappa shape index (κ2) is 6.23. The molecule has 0 nitrogen and oxygen atoms in total. The molecule has 0 fully saturated rings. The third-order valence-electron chi connectivity index (χ3n) is 6.01. The Labute approximate surface area is 165 Å². The average Bonchev–Trinajstić information content (AvgIpc) is 3.18. The van der Waals surface area contributed by atoms with E-state index in [1.165, 1.54) is 22.3 Å². The van der Waals surface area contributed by atoms with Gasteiger partial charge in [0, 0.05) is 0 Å². The molecule has 0 aliphatic heterocycles. The van der Waals surface area contributed by atoms with Crippen LogP contribution in [0.25, 0.3) is 11.1 Å². The molecule has 2 aromatic carbocycles. The summed E-state index contributed by atoms with van der Waals surface area (Å²) in [6.45, 7) is 14.2. The number of allylic oxidation sites excluding steroid dienone is 4. The van der Waals surface area contributed by atoms with Gasteiger partial charge in [0.2, 0.25) is 0 Å². The minimum atomic E-state index is 0.133. The topological polar surface area (TPSA) is 0 Å². The zero-order valence-electron chi connectivity index (χ0n) is 17.7. The van der Waals surface area contributed by atoms with Crippen molar-refractivity contribution in [2.24, 2.45) is 5.92 Å². The lowest BCUT2D eigenvalue weighted by Gasteiger charge is -2.32. The van der Waals surface area contributed by atoms with Crippen LogP contribution in [0.4, 0.5) is 0 Å². The van der Waals surface area contributed by atoms with E-state index in [0.29, 0.717) is 5.92 Å². The van der Waals surface area contributed by atoms with Gasteiger partial charge < -0.3 is 0 Å². The molecule has 0 N–H and O–H groups in total. The molecule has 0 spiro atoms. The van der Waals surface area contributed by atoms with Crippen LogP contribution in [-0.2, 0) is 23.7 Å². The molecule has 2 aromatic rings. The van der Waals surface area contributed by atoms with Crippen molar-refractivity contribution in [3.05, 3.63) is 82.5 Å². The average molecular weight is 357 g/mol. The van der Waals surface area contributed by atoms with Crippen LogP contribution in [0.3, 0.4) is 0 Å². The van der Waals surface area contributed by atoms with Crippen LogP contribution in [0, 0.1) is 5.92 Å². The van der Waals surface area contributed by atoms with E-state index < -0.39 is 0 Å². The summed E-state index contributed by atoms with van der Waals surface area (Å²) in [4.78, 5) is 0. The maximum absolute atomic E-state index is 2.54. The lowest BCUT2D eigenvalue weighted by Crippen LogP contribution is -2.22. The Hall–Kier alpha value is -2.08. The Balaban J connectivity index is 2.00. The number of hydrogen-bond acceptors (Lipinski definition) is 0. The van der Waals surface area contributed by atoms with Crippen molar-refractivity contribution in [3.8, 4) is 11.1 Å². The normalized spacial score (nSPS) is 16.1. The number of benzene rings is 2. The van der Waals surface area contributed by atoms with E-state index in [4.69, 9.17) is 0 Å². The second-order valence-electron chi connectivity index (χ2n) is 10.3. The standard InChI is InChI=1S/C27H32/c1-26(2,3)23-17-20(15-18-11-7-8-12-18)25(27(4,5)6)22-16-19-13-9-10-14-21(19)24(22)23/h7-14,17-18H,15-16H2,1-6H3. The highest BCUT2D eigenvalue weighted by Gasteiger charge is 2.34. The van der Waals surface area contributed by atoms with Gasteiger partial charge in [0.1, 0.15) is 0 Å². The van der Waals surface area contributed by atoms with Gasteiger partial charge in [-0.05, 0) is 68.5 Å². The fourth-order valence-corrected chi connectivity index (χ4v) is 4.95. The van der Waals surface area contributed by atoms with Gasteiger partial charge in [0.05, 0.1) is 0 Å². The van der Waals surface area contributed by atoms with Crippen LogP contribution in [0.15, 0.2) is 54.6 Å². The lowest BCUT2D eigenvalue weighted by molar-refractivity contribution is 0.563. The van der Waals surface area contributed by atoms with E-state index in [2.05, 4.69) is 96.2 Å². The molecule has 0 atom stereocenters. The third kappa shape index (κ3) is 3.20. The van der Waals surface area contributed by atoms with E-state index in [9.17, 15) is 0 Å². The van der Waals surface area contributed by atoms with Crippen LogP contribution in [0.1, 0.15) is 69.4 Å². The highest BCUT2D eigenvalue weighted by atomic mass is 14.4. The maximum Gasteiger partial charge on any atom is -0.000672 e. The fourth-order valence-electron chi connectivity index (χ4n) is 4.95. The van der Waals surface area contributed by atoms with Gasteiger partial charge in [-0.3, -0.25) is 0 Å². The molecule has 0 heterocycles. The molecular weight excluding hydrogens is 324 g/mol. The summed E-state index contributed by atoms with van der Waals surface area (Å²) in [6, 6.07) is 11.6. The Kier molecular flexibility index (Phi) is 4.22. The highest BCUT2D eigenvalue weighted by Crippen LogP contribution is 2.48. The molecule has 0 unspecified atom stereocenters. The predicted octanol–water partition coefficient (Wildman–Crippen LogP) is 7.14. The molecule has 2 aliphatic rings. The summed E-state index contributed by atoms with van der Waals surface area (Å²) in [6.07, 6.45) is 11.2. The van der Waals surface area contributed by atoms with Crippen molar-refractivity contribution in [2.75, 3.05) is 0 Å². The Bertz CT molecular complexity index is 927.